The molecule has 5 heteroatoms. The fraction of sp³-hybridized carbons (Fsp3) is 0.500. The molecule has 1 amide bonds. The minimum Gasteiger partial charge on any atom is -0.465 e. The van der Waals surface area contributed by atoms with Crippen molar-refractivity contribution in [2.24, 2.45) is 11.8 Å². The molecule has 1 aromatic carbocycles. The minimum absolute atomic E-state index is 0.00845. The first-order chi connectivity index (χ1) is 12.0. The van der Waals surface area contributed by atoms with Crippen molar-refractivity contribution in [3.63, 3.8) is 0 Å². The summed E-state index contributed by atoms with van der Waals surface area (Å²) in [6.45, 7) is 5.41. The van der Waals surface area contributed by atoms with Gasteiger partial charge in [0.25, 0.3) is 0 Å². The van der Waals surface area contributed by atoms with Crippen molar-refractivity contribution in [3.8, 4) is 0 Å². The van der Waals surface area contributed by atoms with Crippen molar-refractivity contribution in [1.82, 2.24) is 4.90 Å². The number of rotatable bonds is 5. The molecule has 4 atom stereocenters. The number of nitrogens with zero attached hydrogens (tertiary/aromatic N) is 1. The number of carbonyl (C=O) groups is 2. The van der Waals surface area contributed by atoms with E-state index in [2.05, 4.69) is 0 Å². The van der Waals surface area contributed by atoms with Crippen LogP contribution in [0.3, 0.4) is 0 Å². The van der Waals surface area contributed by atoms with Gasteiger partial charge in [-0.2, -0.15) is 0 Å². The predicted molar refractivity (Wildman–Crippen MR) is 91.6 cm³/mol. The average molecular weight is 341 g/mol. The summed E-state index contributed by atoms with van der Waals surface area (Å²) < 4.78 is 11.4. The Bertz CT molecular complexity index is 726. The lowest BCUT2D eigenvalue weighted by atomic mass is 9.77. The lowest BCUT2D eigenvalue weighted by Crippen LogP contribution is -2.40. The summed E-state index contributed by atoms with van der Waals surface area (Å²) in [6.07, 6.45) is 4.32. The van der Waals surface area contributed by atoms with Gasteiger partial charge in [-0.15, -0.1) is 0 Å². The molecule has 1 spiro atoms. The first kappa shape index (κ1) is 16.3. The first-order valence-corrected chi connectivity index (χ1v) is 8.92. The summed E-state index contributed by atoms with van der Waals surface area (Å²) in [5, 5.41) is 0. The average Bonchev–Trinajstić information content (AvgIpc) is 3.23. The fourth-order valence-corrected chi connectivity index (χ4v) is 4.19. The Hall–Kier alpha value is -2.14. The van der Waals surface area contributed by atoms with Gasteiger partial charge in [0, 0.05) is 6.54 Å². The van der Waals surface area contributed by atoms with Crippen molar-refractivity contribution >= 4 is 11.9 Å². The quantitative estimate of drug-likeness (QED) is 0.609. The summed E-state index contributed by atoms with van der Waals surface area (Å²) in [4.78, 5) is 27.3. The second-order valence-electron chi connectivity index (χ2n) is 7.25. The highest BCUT2D eigenvalue weighted by Crippen LogP contribution is 2.52. The zero-order valence-electron chi connectivity index (χ0n) is 14.6. The van der Waals surface area contributed by atoms with Gasteiger partial charge in [0.15, 0.2) is 0 Å². The van der Waals surface area contributed by atoms with Crippen LogP contribution in [0.4, 0.5) is 0 Å². The Morgan fingerprint density at radius 3 is 2.84 bits per heavy atom. The Kier molecular flexibility index (Phi) is 3.91. The number of amides is 1. The van der Waals surface area contributed by atoms with E-state index in [4.69, 9.17) is 9.47 Å². The number of esters is 1. The summed E-state index contributed by atoms with van der Waals surface area (Å²) >= 11 is 0. The Morgan fingerprint density at radius 2 is 2.12 bits per heavy atom. The third-order valence-electron chi connectivity index (χ3n) is 5.39. The van der Waals surface area contributed by atoms with Crippen molar-refractivity contribution in [3.05, 3.63) is 47.5 Å². The van der Waals surface area contributed by atoms with Crippen LogP contribution in [-0.2, 0) is 25.6 Å². The van der Waals surface area contributed by atoms with Crippen LogP contribution in [0.15, 0.2) is 36.4 Å². The topological polar surface area (TPSA) is 55.8 Å². The van der Waals surface area contributed by atoms with E-state index in [9.17, 15) is 9.59 Å². The molecule has 2 fully saturated rings. The molecule has 0 N–H and O–H groups in total. The molecule has 3 aliphatic rings. The monoisotopic (exact) mass is 341 g/mol. The van der Waals surface area contributed by atoms with E-state index in [0.717, 1.165) is 12.0 Å². The number of carbonyl (C=O) groups excluding carboxylic acids is 2. The zero-order chi connectivity index (χ0) is 17.6. The fourth-order valence-electron chi connectivity index (χ4n) is 4.19. The smallest absolute Gasteiger partial charge is 0.312 e. The van der Waals surface area contributed by atoms with Crippen LogP contribution in [-0.4, -0.2) is 41.6 Å². The van der Waals surface area contributed by atoms with Crippen LogP contribution in [0.25, 0.3) is 0 Å². The normalized spacial score (nSPS) is 32.3. The van der Waals surface area contributed by atoms with Crippen LogP contribution >= 0.6 is 0 Å². The van der Waals surface area contributed by atoms with Crippen molar-refractivity contribution in [2.45, 2.75) is 38.5 Å². The number of hydrogen-bond acceptors (Lipinski definition) is 4. The molecular formula is C20H23NO4. The predicted octanol–water partition coefficient (Wildman–Crippen LogP) is 2.23. The lowest BCUT2D eigenvalue weighted by molar-refractivity contribution is -0.153. The molecule has 0 unspecified atom stereocenters. The highest BCUT2D eigenvalue weighted by Gasteiger charge is 2.67. The number of benzene rings is 1. The maximum absolute atomic E-state index is 13.0. The van der Waals surface area contributed by atoms with Gasteiger partial charge in [-0.25, -0.2) is 0 Å². The zero-order valence-corrected chi connectivity index (χ0v) is 14.6. The molecule has 0 aromatic heterocycles. The molecule has 2 saturated heterocycles. The summed E-state index contributed by atoms with van der Waals surface area (Å²) in [6, 6.07) is 8.16. The van der Waals surface area contributed by atoms with Crippen LogP contribution in [0.1, 0.15) is 24.5 Å². The second-order valence-corrected chi connectivity index (χ2v) is 7.25. The van der Waals surface area contributed by atoms with E-state index in [-0.39, 0.29) is 18.0 Å². The number of likely N-dealkylation sites (tertiary alicyclic amines) is 1. The van der Waals surface area contributed by atoms with Gasteiger partial charge in [-0.1, -0.05) is 48.9 Å². The van der Waals surface area contributed by atoms with Crippen LogP contribution in [0.5, 0.6) is 0 Å². The van der Waals surface area contributed by atoms with Crippen LogP contribution < -0.4 is 0 Å². The van der Waals surface area contributed by atoms with Gasteiger partial charge < -0.3 is 14.4 Å². The molecule has 5 nitrogen and oxygen atoms in total. The number of hydrogen-bond donors (Lipinski definition) is 0. The molecule has 2 bridgehead atoms. The number of ether oxygens (including phenoxy) is 2. The van der Waals surface area contributed by atoms with Gasteiger partial charge in [0.2, 0.25) is 5.91 Å². The molecular weight excluding hydrogens is 318 g/mol. The van der Waals surface area contributed by atoms with Gasteiger partial charge in [-0.3, -0.25) is 9.59 Å². The van der Waals surface area contributed by atoms with Crippen molar-refractivity contribution < 1.29 is 19.1 Å². The summed E-state index contributed by atoms with van der Waals surface area (Å²) in [7, 11) is 0. The van der Waals surface area contributed by atoms with Crippen molar-refractivity contribution in [1.29, 1.82) is 0 Å². The summed E-state index contributed by atoms with van der Waals surface area (Å²) in [5.41, 5.74) is 1.61. The van der Waals surface area contributed by atoms with Crippen LogP contribution in [0, 0.1) is 18.8 Å². The number of fused-ring (bicyclic) bond motifs is 1. The molecule has 4 rings (SSSR count). The number of aryl methyl sites for hydroxylation is 1. The minimum atomic E-state index is -0.664. The van der Waals surface area contributed by atoms with E-state index in [1.165, 1.54) is 5.56 Å². The first-order valence-electron chi connectivity index (χ1n) is 8.92. The third kappa shape index (κ3) is 2.58. The molecule has 0 saturated carbocycles. The maximum atomic E-state index is 13.0. The molecule has 3 aliphatic heterocycles. The highest BCUT2D eigenvalue weighted by molar-refractivity contribution is 5.91. The summed E-state index contributed by atoms with van der Waals surface area (Å²) in [5.74, 6) is -1.30. The SMILES string of the molecule is CCCOC(=O)[C@@H]1[C@H]2C(=O)N(Cc3ccc(C)cc3)C[C@]23C=C[C@H]1O3. The molecule has 25 heavy (non-hydrogen) atoms. The van der Waals surface area contributed by atoms with E-state index >= 15 is 0 Å². The standard InChI is InChI=1S/C20H23NO4/c1-3-10-24-19(23)16-15-8-9-20(25-15)12-21(18(22)17(16)20)11-14-6-4-13(2)5-7-14/h4-9,15-17H,3,10-12H2,1-2H3/t15-,16+,17+,20-/m1/s1. The van der Waals surface area contributed by atoms with Crippen molar-refractivity contribution in [2.75, 3.05) is 13.2 Å². The second kappa shape index (κ2) is 5.99. The van der Waals surface area contributed by atoms with Gasteiger partial charge in [0.1, 0.15) is 11.5 Å². The highest BCUT2D eigenvalue weighted by atomic mass is 16.6. The molecule has 0 aliphatic carbocycles. The Labute approximate surface area is 147 Å². The molecule has 132 valence electrons. The van der Waals surface area contributed by atoms with Gasteiger partial charge in [-0.05, 0) is 18.9 Å². The molecule has 1 aromatic rings. The van der Waals surface area contributed by atoms with E-state index in [1.54, 1.807) is 4.90 Å². The van der Waals surface area contributed by atoms with Gasteiger partial charge in [0.05, 0.1) is 25.2 Å². The maximum Gasteiger partial charge on any atom is 0.312 e. The van der Waals surface area contributed by atoms with E-state index in [0.29, 0.717) is 19.7 Å². The Balaban J connectivity index is 1.55. The lowest BCUT2D eigenvalue weighted by Gasteiger charge is -2.22. The van der Waals surface area contributed by atoms with E-state index in [1.807, 2.05) is 50.3 Å². The van der Waals surface area contributed by atoms with Gasteiger partial charge >= 0.3 is 5.97 Å². The van der Waals surface area contributed by atoms with Crippen LogP contribution in [0.2, 0.25) is 0 Å². The van der Waals surface area contributed by atoms with E-state index < -0.39 is 17.4 Å². The largest absolute Gasteiger partial charge is 0.465 e. The molecule has 3 heterocycles. The molecule has 0 radical (unpaired) electrons. The third-order valence-corrected chi connectivity index (χ3v) is 5.39. The Morgan fingerprint density at radius 1 is 1.36 bits per heavy atom.